The van der Waals surface area contributed by atoms with Crippen LogP contribution in [0.2, 0.25) is 0 Å². The predicted molar refractivity (Wildman–Crippen MR) is 79.0 cm³/mol. The number of hydrogen-bond acceptors (Lipinski definition) is 3. The molecule has 0 radical (unpaired) electrons. The average Bonchev–Trinajstić information content (AvgIpc) is 2.67. The molecule has 2 rings (SSSR count). The van der Waals surface area contributed by atoms with Crippen LogP contribution >= 0.6 is 0 Å². The van der Waals surface area contributed by atoms with E-state index in [1.807, 2.05) is 0 Å². The third-order valence-electron chi connectivity index (χ3n) is 3.35. The lowest BCUT2D eigenvalue weighted by Crippen LogP contribution is -2.10. The van der Waals surface area contributed by atoms with Crippen LogP contribution in [-0.4, -0.2) is 21.4 Å². The third kappa shape index (κ3) is 3.65. The molecule has 0 aliphatic rings. The highest BCUT2D eigenvalue weighted by Crippen LogP contribution is 2.36. The van der Waals surface area contributed by atoms with Crippen molar-refractivity contribution in [2.24, 2.45) is 7.05 Å². The van der Waals surface area contributed by atoms with Crippen LogP contribution in [-0.2, 0) is 13.2 Å². The molecule has 0 bridgehead atoms. The highest BCUT2D eigenvalue weighted by molar-refractivity contribution is 5.65. The van der Waals surface area contributed by atoms with Crippen molar-refractivity contribution in [2.75, 3.05) is 0 Å². The minimum atomic E-state index is -4.51. The molecule has 134 valence electrons. The Bertz CT molecular complexity index is 738. The van der Waals surface area contributed by atoms with Gasteiger partial charge in [-0.3, -0.25) is 4.98 Å². The number of ether oxygens (including phenoxy) is 1. The molecule has 2 heterocycles. The standard InChI is InChI=1S/C14H14F5N3O.CH4/c1-6-5-9(14(17,18)19)8(3)20-10(6)11-7(2)12(22(4)21-11)23-13(15)16;/h5,13H,1-4H3;1H4. The Morgan fingerprint density at radius 1 is 1.12 bits per heavy atom. The Kier molecular flexibility index (Phi) is 5.58. The number of halogens is 5. The first-order valence-electron chi connectivity index (χ1n) is 6.56. The Hall–Kier alpha value is -2.19. The topological polar surface area (TPSA) is 39.9 Å². The molecule has 0 saturated heterocycles. The van der Waals surface area contributed by atoms with Gasteiger partial charge in [-0.25, -0.2) is 4.68 Å². The number of rotatable bonds is 3. The summed E-state index contributed by atoms with van der Waals surface area (Å²) in [6.45, 7) is 1.16. The van der Waals surface area contributed by atoms with Crippen molar-refractivity contribution in [1.82, 2.24) is 14.8 Å². The Labute approximate surface area is 136 Å². The minimum Gasteiger partial charge on any atom is -0.417 e. The van der Waals surface area contributed by atoms with Gasteiger partial charge in [-0.2, -0.15) is 27.1 Å². The first kappa shape index (κ1) is 19.9. The van der Waals surface area contributed by atoms with Crippen LogP contribution in [0.25, 0.3) is 11.4 Å². The maximum absolute atomic E-state index is 12.9. The van der Waals surface area contributed by atoms with Gasteiger partial charge < -0.3 is 4.74 Å². The second-order valence-electron chi connectivity index (χ2n) is 5.07. The fraction of sp³-hybridized carbons (Fsp3) is 0.467. The molecule has 0 saturated carbocycles. The highest BCUT2D eigenvalue weighted by Gasteiger charge is 2.34. The van der Waals surface area contributed by atoms with E-state index >= 15 is 0 Å². The highest BCUT2D eigenvalue weighted by atomic mass is 19.4. The summed E-state index contributed by atoms with van der Waals surface area (Å²) in [5.74, 6) is -0.159. The largest absolute Gasteiger partial charge is 0.418 e. The molecule has 9 heteroatoms. The van der Waals surface area contributed by atoms with Crippen LogP contribution in [0.3, 0.4) is 0 Å². The monoisotopic (exact) mass is 351 g/mol. The Balaban J connectivity index is 0.00000288. The number of aryl methyl sites for hydroxylation is 3. The van der Waals surface area contributed by atoms with Gasteiger partial charge in [0.25, 0.3) is 0 Å². The zero-order valence-electron chi connectivity index (χ0n) is 12.8. The molecule has 0 spiro atoms. The number of aromatic nitrogens is 3. The van der Waals surface area contributed by atoms with Gasteiger partial charge in [0, 0.05) is 12.6 Å². The SMILES string of the molecule is C.Cc1cc(C(F)(F)F)c(C)nc1-c1nn(C)c(OC(F)F)c1C. The van der Waals surface area contributed by atoms with Gasteiger partial charge in [-0.05, 0) is 32.4 Å². The van der Waals surface area contributed by atoms with Crippen LogP contribution in [0.5, 0.6) is 5.88 Å². The molecular formula is C15H18F5N3O. The maximum atomic E-state index is 12.9. The molecular weight excluding hydrogens is 333 g/mol. The molecule has 2 aromatic heterocycles. The Morgan fingerprint density at radius 2 is 1.71 bits per heavy atom. The summed E-state index contributed by atoms with van der Waals surface area (Å²) >= 11 is 0. The van der Waals surface area contributed by atoms with Gasteiger partial charge in [0.15, 0.2) is 0 Å². The second kappa shape index (κ2) is 6.74. The molecule has 0 unspecified atom stereocenters. The summed E-state index contributed by atoms with van der Waals surface area (Å²) in [4.78, 5) is 3.96. The normalized spacial score (nSPS) is 11.6. The molecule has 0 atom stereocenters. The fourth-order valence-corrected chi connectivity index (χ4v) is 2.32. The lowest BCUT2D eigenvalue weighted by molar-refractivity contribution is -0.138. The molecule has 0 aliphatic heterocycles. The minimum absolute atomic E-state index is 0. The van der Waals surface area contributed by atoms with Gasteiger partial charge in [-0.15, -0.1) is 0 Å². The van der Waals surface area contributed by atoms with E-state index in [2.05, 4.69) is 14.8 Å². The molecule has 0 N–H and O–H groups in total. The summed E-state index contributed by atoms with van der Waals surface area (Å²) in [6, 6.07) is 0.972. The van der Waals surface area contributed by atoms with Crippen LogP contribution in [0.15, 0.2) is 6.07 Å². The van der Waals surface area contributed by atoms with Crippen molar-refractivity contribution in [1.29, 1.82) is 0 Å². The zero-order valence-corrected chi connectivity index (χ0v) is 12.8. The van der Waals surface area contributed by atoms with Crippen molar-refractivity contribution in [3.8, 4) is 17.3 Å². The van der Waals surface area contributed by atoms with Gasteiger partial charge in [-0.1, -0.05) is 7.43 Å². The molecule has 0 aliphatic carbocycles. The van der Waals surface area contributed by atoms with Crippen molar-refractivity contribution >= 4 is 0 Å². The maximum Gasteiger partial charge on any atom is 0.418 e. The molecule has 2 aromatic rings. The van der Waals surface area contributed by atoms with E-state index in [9.17, 15) is 22.0 Å². The quantitative estimate of drug-likeness (QED) is 0.755. The Morgan fingerprint density at radius 3 is 2.21 bits per heavy atom. The van der Waals surface area contributed by atoms with E-state index in [0.29, 0.717) is 0 Å². The van der Waals surface area contributed by atoms with Crippen molar-refractivity contribution in [3.05, 3.63) is 28.5 Å². The number of hydrogen-bond donors (Lipinski definition) is 0. The molecule has 0 aromatic carbocycles. The van der Waals surface area contributed by atoms with Crippen molar-refractivity contribution < 1.29 is 26.7 Å². The lowest BCUT2D eigenvalue weighted by atomic mass is 10.0. The van der Waals surface area contributed by atoms with Crippen LogP contribution < -0.4 is 4.74 Å². The lowest BCUT2D eigenvalue weighted by Gasteiger charge is -2.13. The number of pyridine rings is 1. The smallest absolute Gasteiger partial charge is 0.417 e. The summed E-state index contributed by atoms with van der Waals surface area (Å²) in [6.07, 6.45) is -4.51. The van der Waals surface area contributed by atoms with Crippen molar-refractivity contribution in [2.45, 2.75) is 41.0 Å². The fourth-order valence-electron chi connectivity index (χ4n) is 2.32. The van der Waals surface area contributed by atoms with Gasteiger partial charge in [0.1, 0.15) is 5.69 Å². The van der Waals surface area contributed by atoms with Crippen LogP contribution in [0.4, 0.5) is 22.0 Å². The van der Waals surface area contributed by atoms with E-state index in [0.717, 1.165) is 10.7 Å². The molecule has 4 nitrogen and oxygen atoms in total. The van der Waals surface area contributed by atoms with E-state index in [-0.39, 0.29) is 41.5 Å². The number of nitrogens with zero attached hydrogens (tertiary/aromatic N) is 3. The average molecular weight is 351 g/mol. The zero-order chi connectivity index (χ0) is 17.5. The van der Waals surface area contributed by atoms with Crippen LogP contribution in [0.1, 0.15) is 29.8 Å². The first-order chi connectivity index (χ1) is 10.5. The van der Waals surface area contributed by atoms with Gasteiger partial charge >= 0.3 is 12.8 Å². The van der Waals surface area contributed by atoms with E-state index in [1.54, 1.807) is 0 Å². The van der Waals surface area contributed by atoms with E-state index in [4.69, 9.17) is 0 Å². The first-order valence-corrected chi connectivity index (χ1v) is 6.56. The van der Waals surface area contributed by atoms with E-state index in [1.165, 1.54) is 27.8 Å². The van der Waals surface area contributed by atoms with E-state index < -0.39 is 18.4 Å². The van der Waals surface area contributed by atoms with Crippen LogP contribution in [0, 0.1) is 20.8 Å². The summed E-state index contributed by atoms with van der Waals surface area (Å²) in [7, 11) is 1.40. The van der Waals surface area contributed by atoms with Crippen molar-refractivity contribution in [3.63, 3.8) is 0 Å². The van der Waals surface area contributed by atoms with Gasteiger partial charge in [0.2, 0.25) is 5.88 Å². The molecule has 24 heavy (non-hydrogen) atoms. The molecule has 0 amide bonds. The summed E-state index contributed by atoms with van der Waals surface area (Å²) in [5, 5.41) is 4.04. The number of alkyl halides is 5. The third-order valence-corrected chi connectivity index (χ3v) is 3.35. The molecule has 0 fully saturated rings. The van der Waals surface area contributed by atoms with Gasteiger partial charge in [0.05, 0.1) is 17.0 Å². The summed E-state index contributed by atoms with van der Waals surface area (Å²) < 4.78 is 69.0. The summed E-state index contributed by atoms with van der Waals surface area (Å²) in [5.41, 5.74) is -0.114. The predicted octanol–water partition coefficient (Wildman–Crippen LogP) is 4.66. The second-order valence-corrected chi connectivity index (χ2v) is 5.07.